The fourth-order valence-corrected chi connectivity index (χ4v) is 6.02. The number of imidazole rings is 1. The van der Waals surface area contributed by atoms with Crippen molar-refractivity contribution in [1.29, 1.82) is 0 Å². The van der Waals surface area contributed by atoms with Gasteiger partial charge in [-0.3, -0.25) is 19.5 Å². The number of hydrogen-bond donors (Lipinski definition) is 3. The number of rotatable bonds is 6. The first kappa shape index (κ1) is 28.6. The van der Waals surface area contributed by atoms with Crippen LogP contribution >= 0.6 is 11.6 Å². The monoisotopic (exact) mass is 600 g/mol. The third-order valence-electron chi connectivity index (χ3n) is 8.19. The maximum absolute atomic E-state index is 13.3. The van der Waals surface area contributed by atoms with Crippen LogP contribution in [0.3, 0.4) is 0 Å². The van der Waals surface area contributed by atoms with Crippen molar-refractivity contribution in [2.45, 2.75) is 12.8 Å². The Balaban J connectivity index is 1.09. The molecule has 0 radical (unpaired) electrons. The van der Waals surface area contributed by atoms with Crippen molar-refractivity contribution in [3.05, 3.63) is 77.3 Å². The molecule has 0 spiro atoms. The number of aromatic nitrogens is 4. The van der Waals surface area contributed by atoms with Gasteiger partial charge < -0.3 is 25.0 Å². The molecule has 6 rings (SSSR count). The minimum absolute atomic E-state index is 0.0652. The van der Waals surface area contributed by atoms with E-state index >= 15 is 0 Å². The van der Waals surface area contributed by atoms with E-state index in [1.54, 1.807) is 47.1 Å². The number of nitrogens with one attached hydrogen (secondary N) is 3. The molecule has 3 N–H and O–H groups in total. The number of amides is 3. The summed E-state index contributed by atoms with van der Waals surface area (Å²) >= 11 is 6.53. The number of halogens is 1. The molecule has 43 heavy (non-hydrogen) atoms. The minimum Gasteiger partial charge on any atom is -0.339 e. The van der Waals surface area contributed by atoms with Crippen molar-refractivity contribution in [2.24, 2.45) is 13.0 Å². The van der Waals surface area contributed by atoms with Gasteiger partial charge in [-0.2, -0.15) is 5.10 Å². The summed E-state index contributed by atoms with van der Waals surface area (Å²) in [4.78, 5) is 47.3. The van der Waals surface area contributed by atoms with Crippen LogP contribution in [0.25, 0.3) is 22.5 Å². The fourth-order valence-electron chi connectivity index (χ4n) is 5.76. The second-order valence-electron chi connectivity index (χ2n) is 10.8. The number of anilines is 1. The van der Waals surface area contributed by atoms with Gasteiger partial charge in [0.2, 0.25) is 5.91 Å². The standard InChI is InChI=1S/C31H33ClN8O3/c1-38-26(24-18-35-37-27(24)20-5-3-2-4-6-20)19-34-28(38)29(41)36-22-7-8-23(25(32)17-22)31(43)40-15-13-39(14-16-40)30(42)21-9-11-33-12-10-21/h2-8,17-19,21,33H,9-16H2,1H3,(H,35,37)(H,36,41). The number of nitrogens with zero attached hydrogens (tertiary/aromatic N) is 5. The van der Waals surface area contributed by atoms with Crippen molar-refractivity contribution in [2.75, 3.05) is 44.6 Å². The lowest BCUT2D eigenvalue weighted by molar-refractivity contribution is -0.137. The molecule has 2 saturated heterocycles. The van der Waals surface area contributed by atoms with E-state index in [9.17, 15) is 14.4 Å². The smallest absolute Gasteiger partial charge is 0.291 e. The SMILES string of the molecule is Cn1c(-c2cn[nH]c2-c2ccccc2)cnc1C(=O)Nc1ccc(C(=O)N2CCN(C(=O)C3CCNCC3)CC2)c(Cl)c1. The first-order chi connectivity index (χ1) is 20.9. The molecule has 2 aromatic carbocycles. The Morgan fingerprint density at radius 1 is 0.953 bits per heavy atom. The molecule has 222 valence electrons. The third-order valence-corrected chi connectivity index (χ3v) is 8.51. The van der Waals surface area contributed by atoms with Crippen LogP contribution in [0.5, 0.6) is 0 Å². The summed E-state index contributed by atoms with van der Waals surface area (Å²) in [5, 5.41) is 13.6. The Labute approximate surface area is 254 Å². The highest BCUT2D eigenvalue weighted by Crippen LogP contribution is 2.30. The van der Waals surface area contributed by atoms with Gasteiger partial charge in [0.25, 0.3) is 11.8 Å². The normalized spacial score (nSPS) is 15.9. The predicted molar refractivity (Wildman–Crippen MR) is 164 cm³/mol. The molecular formula is C31H33ClN8O3. The Morgan fingerprint density at radius 3 is 2.40 bits per heavy atom. The zero-order valence-electron chi connectivity index (χ0n) is 23.8. The third kappa shape index (κ3) is 5.91. The summed E-state index contributed by atoms with van der Waals surface area (Å²) in [6, 6.07) is 14.7. The Morgan fingerprint density at radius 2 is 1.67 bits per heavy atom. The first-order valence-electron chi connectivity index (χ1n) is 14.4. The van der Waals surface area contributed by atoms with Crippen molar-refractivity contribution in [3.8, 4) is 22.5 Å². The van der Waals surface area contributed by atoms with Crippen molar-refractivity contribution >= 4 is 35.0 Å². The number of aromatic amines is 1. The number of hydrogen-bond acceptors (Lipinski definition) is 6. The van der Waals surface area contributed by atoms with Gasteiger partial charge >= 0.3 is 0 Å². The fraction of sp³-hybridized carbons (Fsp3) is 0.323. The number of piperidine rings is 1. The van der Waals surface area contributed by atoms with Crippen LogP contribution in [0.15, 0.2) is 60.9 Å². The largest absolute Gasteiger partial charge is 0.339 e. The highest BCUT2D eigenvalue weighted by atomic mass is 35.5. The van der Waals surface area contributed by atoms with Gasteiger partial charge in [-0.05, 0) is 44.1 Å². The molecular weight excluding hydrogens is 568 g/mol. The van der Waals surface area contributed by atoms with Gasteiger partial charge in [0, 0.05) is 56.0 Å². The van der Waals surface area contributed by atoms with Crippen LogP contribution in [0, 0.1) is 5.92 Å². The van der Waals surface area contributed by atoms with Crippen LogP contribution in [0.1, 0.15) is 33.8 Å². The number of carbonyl (C=O) groups excluding carboxylic acids is 3. The van der Waals surface area contributed by atoms with Gasteiger partial charge in [-0.15, -0.1) is 0 Å². The lowest BCUT2D eigenvalue weighted by Gasteiger charge is -2.37. The van der Waals surface area contributed by atoms with E-state index in [-0.39, 0.29) is 28.6 Å². The Bertz CT molecular complexity index is 1640. The lowest BCUT2D eigenvalue weighted by atomic mass is 9.96. The first-order valence-corrected chi connectivity index (χ1v) is 14.8. The van der Waals surface area contributed by atoms with E-state index in [0.29, 0.717) is 37.4 Å². The molecule has 11 nitrogen and oxygen atoms in total. The Kier molecular flexibility index (Phi) is 8.26. The molecule has 2 fully saturated rings. The van der Waals surface area contributed by atoms with Crippen molar-refractivity contribution in [3.63, 3.8) is 0 Å². The summed E-state index contributed by atoms with van der Waals surface area (Å²) in [5.41, 5.74) is 4.15. The molecule has 2 aliphatic rings. The van der Waals surface area contributed by atoms with Gasteiger partial charge in [0.05, 0.1) is 34.4 Å². The molecule has 0 saturated carbocycles. The van der Waals surface area contributed by atoms with E-state index in [1.807, 2.05) is 35.2 Å². The van der Waals surface area contributed by atoms with E-state index < -0.39 is 5.91 Å². The van der Waals surface area contributed by atoms with Crippen LogP contribution in [-0.4, -0.2) is 86.5 Å². The highest BCUT2D eigenvalue weighted by molar-refractivity contribution is 6.34. The maximum Gasteiger partial charge on any atom is 0.291 e. The molecule has 4 aromatic rings. The van der Waals surface area contributed by atoms with Crippen LogP contribution in [0.4, 0.5) is 5.69 Å². The van der Waals surface area contributed by atoms with Gasteiger partial charge in [0.1, 0.15) is 0 Å². The van der Waals surface area contributed by atoms with Gasteiger partial charge in [-0.25, -0.2) is 4.98 Å². The minimum atomic E-state index is -0.414. The molecule has 3 amide bonds. The molecule has 12 heteroatoms. The van der Waals surface area contributed by atoms with Crippen LogP contribution in [-0.2, 0) is 11.8 Å². The molecule has 2 aromatic heterocycles. The van der Waals surface area contributed by atoms with Gasteiger partial charge in [-0.1, -0.05) is 41.9 Å². The quantitative estimate of drug-likeness (QED) is 0.310. The predicted octanol–water partition coefficient (Wildman–Crippen LogP) is 3.67. The number of benzene rings is 2. The molecule has 4 heterocycles. The number of carbonyl (C=O) groups is 3. The summed E-state index contributed by atoms with van der Waals surface area (Å²) in [7, 11) is 1.77. The summed E-state index contributed by atoms with van der Waals surface area (Å²) in [6.45, 7) is 3.67. The van der Waals surface area contributed by atoms with Crippen LogP contribution in [0.2, 0.25) is 5.02 Å². The maximum atomic E-state index is 13.3. The summed E-state index contributed by atoms with van der Waals surface area (Å²) in [5.74, 6) is -0.144. The van der Waals surface area contributed by atoms with Crippen molar-refractivity contribution in [1.82, 2.24) is 34.9 Å². The van der Waals surface area contributed by atoms with E-state index in [0.717, 1.165) is 48.4 Å². The average Bonchev–Trinajstić information content (AvgIpc) is 3.68. The summed E-state index contributed by atoms with van der Waals surface area (Å²) in [6.07, 6.45) is 5.07. The second kappa shape index (κ2) is 12.4. The zero-order chi connectivity index (χ0) is 29.9. The van der Waals surface area contributed by atoms with E-state index in [2.05, 4.69) is 25.8 Å². The lowest BCUT2D eigenvalue weighted by Crippen LogP contribution is -2.52. The van der Waals surface area contributed by atoms with E-state index in [4.69, 9.17) is 11.6 Å². The van der Waals surface area contributed by atoms with Gasteiger partial charge in [0.15, 0.2) is 5.82 Å². The van der Waals surface area contributed by atoms with E-state index in [1.165, 1.54) is 0 Å². The highest BCUT2D eigenvalue weighted by Gasteiger charge is 2.30. The van der Waals surface area contributed by atoms with Crippen LogP contribution < -0.4 is 10.6 Å². The topological polar surface area (TPSA) is 128 Å². The molecule has 0 unspecified atom stereocenters. The summed E-state index contributed by atoms with van der Waals surface area (Å²) < 4.78 is 1.71. The van der Waals surface area contributed by atoms with Crippen molar-refractivity contribution < 1.29 is 14.4 Å². The molecule has 0 aliphatic carbocycles. The zero-order valence-corrected chi connectivity index (χ0v) is 24.6. The number of piperazine rings is 1. The molecule has 2 aliphatic heterocycles. The average molecular weight is 601 g/mol. The second-order valence-corrected chi connectivity index (χ2v) is 11.2. The number of H-pyrrole nitrogens is 1. The molecule has 0 atom stereocenters. The molecule has 0 bridgehead atoms. The Hall–Kier alpha value is -4.48.